The van der Waals surface area contributed by atoms with Gasteiger partial charge in [-0.3, -0.25) is 4.79 Å². The van der Waals surface area contributed by atoms with Crippen LogP contribution >= 0.6 is 0 Å². The van der Waals surface area contributed by atoms with Crippen molar-refractivity contribution in [3.63, 3.8) is 0 Å². The zero-order chi connectivity index (χ0) is 13.5. The molecule has 0 spiro atoms. The van der Waals surface area contributed by atoms with E-state index in [0.29, 0.717) is 26.2 Å². The van der Waals surface area contributed by atoms with Crippen molar-refractivity contribution in [3.8, 4) is 0 Å². The molecule has 104 valence electrons. The molecule has 0 amide bonds. The molecule has 0 radical (unpaired) electrons. The maximum absolute atomic E-state index is 11.9. The largest absolute Gasteiger partial charge is 0.462 e. The number of ether oxygens (including phenoxy) is 2. The molecule has 0 saturated heterocycles. The number of hydrogen-bond donors (Lipinski definition) is 1. The van der Waals surface area contributed by atoms with Gasteiger partial charge in [-0.1, -0.05) is 31.2 Å². The van der Waals surface area contributed by atoms with Gasteiger partial charge in [0.15, 0.2) is 0 Å². The summed E-state index contributed by atoms with van der Waals surface area (Å²) < 4.78 is 10.5. The van der Waals surface area contributed by atoms with Crippen LogP contribution in [0.5, 0.6) is 0 Å². The predicted octanol–water partition coefficient (Wildman–Crippen LogP) is 1.67. The van der Waals surface area contributed by atoms with Crippen LogP contribution < -0.4 is 5.32 Å². The van der Waals surface area contributed by atoms with Gasteiger partial charge in [-0.05, 0) is 24.0 Å². The van der Waals surface area contributed by atoms with Gasteiger partial charge in [0, 0.05) is 13.2 Å². The van der Waals surface area contributed by atoms with Crippen LogP contribution in [0.1, 0.15) is 24.5 Å². The number of carbonyl (C=O) groups is 1. The van der Waals surface area contributed by atoms with Crippen LogP contribution in [0.15, 0.2) is 24.3 Å². The standard InChI is InChI=1S/C15H21NO3/c1-2-7-18-8-9-19-15(17)14-10-12-5-3-4-6-13(12)11-16-14/h3-6,14,16H,2,7-11H2,1H3. The first-order chi connectivity index (χ1) is 9.31. The van der Waals surface area contributed by atoms with Gasteiger partial charge in [-0.25, -0.2) is 0 Å². The minimum atomic E-state index is -0.235. The van der Waals surface area contributed by atoms with Crippen LogP contribution in [0.25, 0.3) is 0 Å². The smallest absolute Gasteiger partial charge is 0.323 e. The van der Waals surface area contributed by atoms with E-state index in [2.05, 4.69) is 24.4 Å². The Labute approximate surface area is 114 Å². The van der Waals surface area contributed by atoms with Crippen LogP contribution in [0.3, 0.4) is 0 Å². The molecular formula is C15H21NO3. The average Bonchev–Trinajstić information content (AvgIpc) is 2.46. The number of carbonyl (C=O) groups excluding carboxylic acids is 1. The topological polar surface area (TPSA) is 47.6 Å². The normalized spacial score (nSPS) is 17.8. The van der Waals surface area contributed by atoms with E-state index in [-0.39, 0.29) is 12.0 Å². The summed E-state index contributed by atoms with van der Waals surface area (Å²) in [7, 11) is 0. The summed E-state index contributed by atoms with van der Waals surface area (Å²) in [6.07, 6.45) is 1.68. The molecule has 0 saturated carbocycles. The average molecular weight is 263 g/mol. The lowest BCUT2D eigenvalue weighted by Gasteiger charge is -2.24. The van der Waals surface area contributed by atoms with Gasteiger partial charge in [-0.15, -0.1) is 0 Å². The van der Waals surface area contributed by atoms with Crippen LogP contribution in [0.4, 0.5) is 0 Å². The summed E-state index contributed by atoms with van der Waals surface area (Å²) in [4.78, 5) is 11.9. The number of rotatable bonds is 6. The Balaban J connectivity index is 1.76. The molecule has 0 aliphatic carbocycles. The minimum absolute atomic E-state index is 0.186. The molecule has 4 nitrogen and oxygen atoms in total. The third kappa shape index (κ3) is 4.04. The Morgan fingerprint density at radius 3 is 2.84 bits per heavy atom. The highest BCUT2D eigenvalue weighted by molar-refractivity contribution is 5.76. The second-order valence-electron chi connectivity index (χ2n) is 4.69. The molecule has 0 bridgehead atoms. The highest BCUT2D eigenvalue weighted by Gasteiger charge is 2.24. The van der Waals surface area contributed by atoms with Gasteiger partial charge in [0.2, 0.25) is 0 Å². The van der Waals surface area contributed by atoms with E-state index in [9.17, 15) is 4.79 Å². The van der Waals surface area contributed by atoms with Crippen LogP contribution in [-0.2, 0) is 27.2 Å². The van der Waals surface area contributed by atoms with E-state index in [4.69, 9.17) is 9.47 Å². The van der Waals surface area contributed by atoms with Crippen molar-refractivity contribution in [2.45, 2.75) is 32.4 Å². The molecule has 1 heterocycles. The Hall–Kier alpha value is -1.39. The first-order valence-corrected chi connectivity index (χ1v) is 6.85. The number of fused-ring (bicyclic) bond motifs is 1. The lowest BCUT2D eigenvalue weighted by molar-refractivity contribution is -0.147. The Bertz CT molecular complexity index is 420. The van der Waals surface area contributed by atoms with E-state index in [0.717, 1.165) is 13.0 Å². The molecule has 1 atom stereocenters. The van der Waals surface area contributed by atoms with Gasteiger partial charge in [0.25, 0.3) is 0 Å². The molecule has 0 aromatic heterocycles. The molecule has 1 aromatic rings. The quantitative estimate of drug-likeness (QED) is 0.626. The van der Waals surface area contributed by atoms with Crippen LogP contribution in [-0.4, -0.2) is 31.8 Å². The Morgan fingerprint density at radius 2 is 2.05 bits per heavy atom. The zero-order valence-electron chi connectivity index (χ0n) is 11.4. The molecule has 1 aromatic carbocycles. The first kappa shape index (κ1) is 14.0. The number of hydrogen-bond acceptors (Lipinski definition) is 4. The van der Waals surface area contributed by atoms with E-state index in [1.54, 1.807) is 0 Å². The Kier molecular flexibility index (Phi) is 5.36. The summed E-state index contributed by atoms with van der Waals surface area (Å²) in [6.45, 7) is 4.30. The maximum Gasteiger partial charge on any atom is 0.323 e. The zero-order valence-corrected chi connectivity index (χ0v) is 11.4. The number of benzene rings is 1. The molecule has 1 aliphatic rings. The van der Waals surface area contributed by atoms with Gasteiger partial charge in [0.05, 0.1) is 6.61 Å². The minimum Gasteiger partial charge on any atom is -0.462 e. The van der Waals surface area contributed by atoms with Crippen molar-refractivity contribution in [1.29, 1.82) is 0 Å². The lowest BCUT2D eigenvalue weighted by atomic mass is 9.96. The second-order valence-corrected chi connectivity index (χ2v) is 4.69. The van der Waals surface area contributed by atoms with Crippen molar-refractivity contribution in [3.05, 3.63) is 35.4 Å². The monoisotopic (exact) mass is 263 g/mol. The highest BCUT2D eigenvalue weighted by atomic mass is 16.6. The number of nitrogens with one attached hydrogen (secondary N) is 1. The summed E-state index contributed by atoms with van der Waals surface area (Å²) in [5.41, 5.74) is 2.49. The molecule has 1 unspecified atom stereocenters. The fourth-order valence-corrected chi connectivity index (χ4v) is 2.17. The molecule has 1 aliphatic heterocycles. The fraction of sp³-hybridized carbons (Fsp3) is 0.533. The van der Waals surface area contributed by atoms with E-state index >= 15 is 0 Å². The Morgan fingerprint density at radius 1 is 1.26 bits per heavy atom. The number of esters is 1. The van der Waals surface area contributed by atoms with Crippen molar-refractivity contribution < 1.29 is 14.3 Å². The van der Waals surface area contributed by atoms with Gasteiger partial charge in [-0.2, -0.15) is 0 Å². The highest BCUT2D eigenvalue weighted by Crippen LogP contribution is 2.16. The predicted molar refractivity (Wildman–Crippen MR) is 72.8 cm³/mol. The van der Waals surface area contributed by atoms with Gasteiger partial charge < -0.3 is 14.8 Å². The molecule has 4 heteroatoms. The van der Waals surface area contributed by atoms with Crippen molar-refractivity contribution in [2.75, 3.05) is 19.8 Å². The lowest BCUT2D eigenvalue weighted by Crippen LogP contribution is -2.43. The molecule has 19 heavy (non-hydrogen) atoms. The van der Waals surface area contributed by atoms with Crippen molar-refractivity contribution in [2.24, 2.45) is 0 Å². The third-order valence-corrected chi connectivity index (χ3v) is 3.19. The van der Waals surface area contributed by atoms with Gasteiger partial charge in [0.1, 0.15) is 12.6 Å². The maximum atomic E-state index is 11.9. The second kappa shape index (κ2) is 7.26. The summed E-state index contributed by atoms with van der Waals surface area (Å²) in [5, 5.41) is 3.21. The third-order valence-electron chi connectivity index (χ3n) is 3.19. The summed E-state index contributed by atoms with van der Waals surface area (Å²) in [5.74, 6) is -0.186. The van der Waals surface area contributed by atoms with Crippen molar-refractivity contribution in [1.82, 2.24) is 5.32 Å². The summed E-state index contributed by atoms with van der Waals surface area (Å²) >= 11 is 0. The van der Waals surface area contributed by atoms with Crippen molar-refractivity contribution >= 4 is 5.97 Å². The van der Waals surface area contributed by atoms with E-state index < -0.39 is 0 Å². The van der Waals surface area contributed by atoms with Gasteiger partial charge >= 0.3 is 5.97 Å². The molecule has 2 rings (SSSR count). The molecular weight excluding hydrogens is 242 g/mol. The van der Waals surface area contributed by atoms with E-state index in [1.807, 2.05) is 12.1 Å². The summed E-state index contributed by atoms with van der Waals surface area (Å²) in [6, 6.07) is 7.94. The SMILES string of the molecule is CCCOCCOC(=O)C1Cc2ccccc2CN1. The molecule has 0 fully saturated rings. The van der Waals surface area contributed by atoms with Crippen LogP contribution in [0, 0.1) is 0 Å². The van der Waals surface area contributed by atoms with E-state index in [1.165, 1.54) is 11.1 Å². The molecule has 1 N–H and O–H groups in total. The fourth-order valence-electron chi connectivity index (χ4n) is 2.17. The first-order valence-electron chi connectivity index (χ1n) is 6.85. The van der Waals surface area contributed by atoms with Crippen LogP contribution in [0.2, 0.25) is 0 Å².